The van der Waals surface area contributed by atoms with Crippen molar-refractivity contribution in [3.05, 3.63) is 0 Å². The van der Waals surface area contributed by atoms with E-state index >= 15 is 0 Å². The highest BCUT2D eigenvalue weighted by atomic mass is 35.5. The van der Waals surface area contributed by atoms with Crippen LogP contribution in [0.4, 0.5) is 0 Å². The summed E-state index contributed by atoms with van der Waals surface area (Å²) in [5.74, 6) is 1.41. The number of methoxy groups -OCH3 is 1. The van der Waals surface area contributed by atoms with E-state index in [0.29, 0.717) is 17.9 Å². The molecule has 4 atom stereocenters. The molecule has 13 heavy (non-hydrogen) atoms. The number of carbonyl (C=O) groups is 1. The molecule has 0 saturated heterocycles. The third-order valence-electron chi connectivity index (χ3n) is 3.41. The summed E-state index contributed by atoms with van der Waals surface area (Å²) in [5, 5.41) is 0. The van der Waals surface area contributed by atoms with Crippen LogP contribution < -0.4 is 5.73 Å². The van der Waals surface area contributed by atoms with Crippen LogP contribution >= 0.6 is 12.4 Å². The molecule has 0 radical (unpaired) electrons. The number of fused-ring (bicyclic) bond motifs is 1. The molecule has 0 amide bonds. The van der Waals surface area contributed by atoms with Gasteiger partial charge in [0.05, 0.1) is 13.0 Å². The summed E-state index contributed by atoms with van der Waals surface area (Å²) < 4.78 is 4.71. The van der Waals surface area contributed by atoms with Crippen molar-refractivity contribution in [3.8, 4) is 0 Å². The van der Waals surface area contributed by atoms with Crippen LogP contribution in [0.1, 0.15) is 19.3 Å². The zero-order valence-corrected chi connectivity index (χ0v) is 8.55. The van der Waals surface area contributed by atoms with Crippen LogP contribution in [-0.4, -0.2) is 19.1 Å². The smallest absolute Gasteiger partial charge is 0.308 e. The number of hydrogen-bond acceptors (Lipinski definition) is 3. The van der Waals surface area contributed by atoms with Crippen molar-refractivity contribution in [3.63, 3.8) is 0 Å². The van der Waals surface area contributed by atoms with E-state index in [1.54, 1.807) is 0 Å². The minimum atomic E-state index is -0.0448. The van der Waals surface area contributed by atoms with Crippen molar-refractivity contribution in [2.75, 3.05) is 7.11 Å². The van der Waals surface area contributed by atoms with Gasteiger partial charge in [-0.25, -0.2) is 0 Å². The number of rotatable bonds is 1. The van der Waals surface area contributed by atoms with Gasteiger partial charge in [-0.05, 0) is 31.1 Å². The summed E-state index contributed by atoms with van der Waals surface area (Å²) >= 11 is 0. The maximum atomic E-state index is 11.2. The van der Waals surface area contributed by atoms with Crippen molar-refractivity contribution in [2.24, 2.45) is 23.5 Å². The van der Waals surface area contributed by atoms with Gasteiger partial charge in [0.1, 0.15) is 0 Å². The first kappa shape index (κ1) is 10.8. The van der Waals surface area contributed by atoms with E-state index in [0.717, 1.165) is 19.3 Å². The van der Waals surface area contributed by atoms with Crippen molar-refractivity contribution < 1.29 is 9.53 Å². The van der Waals surface area contributed by atoms with Crippen LogP contribution in [0.5, 0.6) is 0 Å². The fourth-order valence-electron chi connectivity index (χ4n) is 2.64. The Balaban J connectivity index is 0.000000845. The molecular formula is C9H16ClNO2. The lowest BCUT2D eigenvalue weighted by Crippen LogP contribution is -2.44. The third kappa shape index (κ3) is 1.67. The van der Waals surface area contributed by atoms with E-state index in [4.69, 9.17) is 10.5 Å². The Hall–Kier alpha value is -0.280. The van der Waals surface area contributed by atoms with Crippen molar-refractivity contribution >= 4 is 18.4 Å². The van der Waals surface area contributed by atoms with Gasteiger partial charge in [-0.3, -0.25) is 4.79 Å². The summed E-state index contributed by atoms with van der Waals surface area (Å²) in [4.78, 5) is 11.2. The Morgan fingerprint density at radius 3 is 2.54 bits per heavy atom. The SMILES string of the molecule is COC(=O)C1C[C@@H]2C[C@H](N)[C@@H]2C1.Cl. The largest absolute Gasteiger partial charge is 0.469 e. The van der Waals surface area contributed by atoms with Gasteiger partial charge >= 0.3 is 5.97 Å². The van der Waals surface area contributed by atoms with Crippen molar-refractivity contribution in [2.45, 2.75) is 25.3 Å². The molecule has 4 heteroatoms. The molecule has 3 nitrogen and oxygen atoms in total. The lowest BCUT2D eigenvalue weighted by atomic mass is 9.72. The molecule has 76 valence electrons. The Labute approximate surface area is 84.4 Å². The van der Waals surface area contributed by atoms with Crippen LogP contribution in [-0.2, 0) is 9.53 Å². The highest BCUT2D eigenvalue weighted by molar-refractivity contribution is 5.85. The molecular weight excluding hydrogens is 190 g/mol. The van der Waals surface area contributed by atoms with E-state index in [9.17, 15) is 4.79 Å². The fraction of sp³-hybridized carbons (Fsp3) is 0.889. The highest BCUT2D eigenvalue weighted by Gasteiger charge is 2.48. The van der Waals surface area contributed by atoms with Crippen LogP contribution in [0.2, 0.25) is 0 Å². The summed E-state index contributed by atoms with van der Waals surface area (Å²) in [6, 6.07) is 0.352. The molecule has 2 saturated carbocycles. The number of ether oxygens (including phenoxy) is 1. The molecule has 0 bridgehead atoms. The molecule has 0 aromatic heterocycles. The van der Waals surface area contributed by atoms with Crippen LogP contribution in [0.3, 0.4) is 0 Å². The first-order chi connectivity index (χ1) is 5.72. The minimum Gasteiger partial charge on any atom is -0.469 e. The Kier molecular flexibility index (Phi) is 3.19. The van der Waals surface area contributed by atoms with Crippen LogP contribution in [0.25, 0.3) is 0 Å². The average molecular weight is 206 g/mol. The third-order valence-corrected chi connectivity index (χ3v) is 3.41. The Bertz CT molecular complexity index is 210. The van der Waals surface area contributed by atoms with Crippen LogP contribution in [0, 0.1) is 17.8 Å². The standard InChI is InChI=1S/C9H15NO2.ClH/c1-12-9(11)6-2-5-4-8(10)7(5)3-6;/h5-8H,2-4,10H2,1H3;1H/t5-,6?,7-,8+;/m1./s1. The number of halogens is 1. The lowest BCUT2D eigenvalue weighted by Gasteiger charge is -2.37. The molecule has 1 unspecified atom stereocenters. The normalized spacial score (nSPS) is 41.4. The van der Waals surface area contributed by atoms with E-state index in [2.05, 4.69) is 0 Å². The average Bonchev–Trinajstić information content (AvgIpc) is 2.41. The van der Waals surface area contributed by atoms with Gasteiger partial charge in [-0.15, -0.1) is 12.4 Å². The van der Waals surface area contributed by atoms with Gasteiger partial charge in [0.25, 0.3) is 0 Å². The van der Waals surface area contributed by atoms with Crippen molar-refractivity contribution in [1.82, 2.24) is 0 Å². The molecule has 0 aromatic carbocycles. The summed E-state index contributed by atoms with van der Waals surface area (Å²) in [5.41, 5.74) is 5.82. The number of hydrogen-bond donors (Lipinski definition) is 1. The summed E-state index contributed by atoms with van der Waals surface area (Å²) in [6.45, 7) is 0. The summed E-state index contributed by atoms with van der Waals surface area (Å²) in [6.07, 6.45) is 3.07. The lowest BCUT2D eigenvalue weighted by molar-refractivity contribution is -0.145. The second-order valence-electron chi connectivity index (χ2n) is 4.01. The number of esters is 1. The molecule has 2 N–H and O–H groups in total. The molecule has 2 aliphatic rings. The molecule has 0 aromatic rings. The van der Waals surface area contributed by atoms with E-state index < -0.39 is 0 Å². The van der Waals surface area contributed by atoms with Gasteiger partial charge in [-0.1, -0.05) is 0 Å². The fourth-order valence-corrected chi connectivity index (χ4v) is 2.64. The quantitative estimate of drug-likeness (QED) is 0.649. The van der Waals surface area contributed by atoms with Gasteiger partial charge in [0.2, 0.25) is 0 Å². The Morgan fingerprint density at radius 1 is 1.38 bits per heavy atom. The first-order valence-corrected chi connectivity index (χ1v) is 4.55. The predicted octanol–water partition coefficient (Wildman–Crippen LogP) is 0.955. The number of carbonyl (C=O) groups excluding carboxylic acids is 1. The van der Waals surface area contributed by atoms with E-state index in [-0.39, 0.29) is 24.3 Å². The van der Waals surface area contributed by atoms with E-state index in [1.165, 1.54) is 7.11 Å². The molecule has 0 spiro atoms. The van der Waals surface area contributed by atoms with E-state index in [1.807, 2.05) is 0 Å². The van der Waals surface area contributed by atoms with Gasteiger partial charge in [0, 0.05) is 6.04 Å². The van der Waals surface area contributed by atoms with Crippen molar-refractivity contribution in [1.29, 1.82) is 0 Å². The summed E-state index contributed by atoms with van der Waals surface area (Å²) in [7, 11) is 1.46. The maximum Gasteiger partial charge on any atom is 0.308 e. The number of nitrogens with two attached hydrogens (primary N) is 1. The molecule has 0 aliphatic heterocycles. The maximum absolute atomic E-state index is 11.2. The molecule has 2 rings (SSSR count). The topological polar surface area (TPSA) is 52.3 Å². The zero-order chi connectivity index (χ0) is 8.72. The van der Waals surface area contributed by atoms with Gasteiger partial charge in [0.15, 0.2) is 0 Å². The molecule has 2 aliphatic carbocycles. The van der Waals surface area contributed by atoms with Gasteiger partial charge < -0.3 is 10.5 Å². The van der Waals surface area contributed by atoms with Gasteiger partial charge in [-0.2, -0.15) is 0 Å². The monoisotopic (exact) mass is 205 g/mol. The zero-order valence-electron chi connectivity index (χ0n) is 7.73. The second-order valence-corrected chi connectivity index (χ2v) is 4.01. The first-order valence-electron chi connectivity index (χ1n) is 4.55. The Morgan fingerprint density at radius 2 is 2.08 bits per heavy atom. The minimum absolute atomic E-state index is 0. The predicted molar refractivity (Wildman–Crippen MR) is 51.6 cm³/mol. The molecule has 0 heterocycles. The van der Waals surface area contributed by atoms with Crippen LogP contribution in [0.15, 0.2) is 0 Å². The second kappa shape index (κ2) is 3.84. The highest BCUT2D eigenvalue weighted by Crippen LogP contribution is 2.48. The molecule has 2 fully saturated rings.